The van der Waals surface area contributed by atoms with Gasteiger partial charge in [0, 0.05) is 26.1 Å². The molecule has 0 radical (unpaired) electrons. The van der Waals surface area contributed by atoms with E-state index in [0.29, 0.717) is 25.7 Å². The fourth-order valence-corrected chi connectivity index (χ4v) is 2.23. The first-order valence-corrected chi connectivity index (χ1v) is 6.80. The Morgan fingerprint density at radius 1 is 1.50 bits per heavy atom. The second kappa shape index (κ2) is 8.45. The highest BCUT2D eigenvalue weighted by molar-refractivity contribution is 5.81. The van der Waals surface area contributed by atoms with E-state index >= 15 is 0 Å². The lowest BCUT2D eigenvalue weighted by molar-refractivity contribution is -0.131. The molecule has 0 spiro atoms. The lowest BCUT2D eigenvalue weighted by Gasteiger charge is -2.20. The van der Waals surface area contributed by atoms with Crippen molar-refractivity contribution in [1.82, 2.24) is 4.90 Å². The summed E-state index contributed by atoms with van der Waals surface area (Å²) in [6, 6.07) is -0.330. The third-order valence-electron chi connectivity index (χ3n) is 3.30. The number of nitrogens with two attached hydrogens (primary N) is 1. The van der Waals surface area contributed by atoms with Crippen molar-refractivity contribution in [2.24, 2.45) is 11.7 Å². The average Bonchev–Trinajstić information content (AvgIpc) is 2.83. The summed E-state index contributed by atoms with van der Waals surface area (Å²) in [6.45, 7) is 5.59. The molecule has 0 saturated carbocycles. The van der Waals surface area contributed by atoms with Gasteiger partial charge in [0.2, 0.25) is 5.91 Å². The average molecular weight is 258 g/mol. The van der Waals surface area contributed by atoms with E-state index in [0.717, 1.165) is 32.4 Å². The minimum atomic E-state index is -0.330. The van der Waals surface area contributed by atoms with Crippen molar-refractivity contribution in [3.05, 3.63) is 0 Å². The number of carbonyl (C=O) groups excluding carboxylic acids is 1. The molecule has 1 aliphatic rings. The van der Waals surface area contributed by atoms with E-state index in [9.17, 15) is 4.79 Å². The van der Waals surface area contributed by atoms with E-state index in [-0.39, 0.29) is 11.9 Å². The molecule has 18 heavy (non-hydrogen) atoms. The summed E-state index contributed by atoms with van der Waals surface area (Å²) >= 11 is 0. The largest absolute Gasteiger partial charge is 0.382 e. The van der Waals surface area contributed by atoms with Crippen LogP contribution in [-0.4, -0.2) is 56.9 Å². The molecule has 0 bridgehead atoms. The molecule has 1 aliphatic heterocycles. The van der Waals surface area contributed by atoms with Crippen molar-refractivity contribution in [3.8, 4) is 0 Å². The molecule has 0 aromatic carbocycles. The second-order valence-corrected chi connectivity index (χ2v) is 4.90. The molecule has 106 valence electrons. The highest BCUT2D eigenvalue weighted by Crippen LogP contribution is 2.17. The SMILES string of the molecule is CCCC(N)C(=O)N1CCC(COCCOC)C1. The highest BCUT2D eigenvalue weighted by Gasteiger charge is 2.28. The van der Waals surface area contributed by atoms with Crippen LogP contribution < -0.4 is 5.73 Å². The van der Waals surface area contributed by atoms with E-state index < -0.39 is 0 Å². The van der Waals surface area contributed by atoms with E-state index in [2.05, 4.69) is 0 Å². The maximum absolute atomic E-state index is 12.0. The summed E-state index contributed by atoms with van der Waals surface area (Å²) in [7, 11) is 1.66. The van der Waals surface area contributed by atoms with E-state index in [1.165, 1.54) is 0 Å². The fraction of sp³-hybridized carbons (Fsp3) is 0.923. The van der Waals surface area contributed by atoms with Gasteiger partial charge in [-0.15, -0.1) is 0 Å². The number of ether oxygens (including phenoxy) is 2. The molecule has 1 fully saturated rings. The van der Waals surface area contributed by atoms with Gasteiger partial charge in [-0.25, -0.2) is 0 Å². The molecule has 0 aliphatic carbocycles. The van der Waals surface area contributed by atoms with Crippen LogP contribution in [0.15, 0.2) is 0 Å². The number of rotatable bonds is 8. The van der Waals surface area contributed by atoms with Gasteiger partial charge in [-0.05, 0) is 12.8 Å². The van der Waals surface area contributed by atoms with Crippen LogP contribution in [0.3, 0.4) is 0 Å². The Morgan fingerprint density at radius 2 is 2.28 bits per heavy atom. The van der Waals surface area contributed by atoms with Crippen molar-refractivity contribution >= 4 is 5.91 Å². The van der Waals surface area contributed by atoms with E-state index in [1.807, 2.05) is 11.8 Å². The zero-order valence-corrected chi connectivity index (χ0v) is 11.6. The monoisotopic (exact) mass is 258 g/mol. The molecule has 2 N–H and O–H groups in total. The lowest BCUT2D eigenvalue weighted by atomic mass is 10.1. The van der Waals surface area contributed by atoms with Gasteiger partial charge in [0.15, 0.2) is 0 Å². The first-order chi connectivity index (χ1) is 8.69. The molecule has 1 saturated heterocycles. The van der Waals surface area contributed by atoms with Crippen LogP contribution >= 0.6 is 0 Å². The molecule has 1 heterocycles. The standard InChI is InChI=1S/C13H26N2O3/c1-3-4-12(14)13(16)15-6-5-11(9-15)10-18-8-7-17-2/h11-12H,3-10,14H2,1-2H3. The number of likely N-dealkylation sites (tertiary alicyclic amines) is 1. The van der Waals surface area contributed by atoms with E-state index in [4.69, 9.17) is 15.2 Å². The van der Waals surface area contributed by atoms with Crippen LogP contribution in [-0.2, 0) is 14.3 Å². The van der Waals surface area contributed by atoms with Gasteiger partial charge in [-0.1, -0.05) is 13.3 Å². The van der Waals surface area contributed by atoms with Gasteiger partial charge in [0.25, 0.3) is 0 Å². The lowest BCUT2D eigenvalue weighted by Crippen LogP contribution is -2.42. The van der Waals surface area contributed by atoms with Crippen LogP contribution in [0.2, 0.25) is 0 Å². The summed E-state index contributed by atoms with van der Waals surface area (Å²) in [5.74, 6) is 0.538. The highest BCUT2D eigenvalue weighted by atomic mass is 16.5. The Kier molecular flexibility index (Phi) is 7.23. The molecule has 1 rings (SSSR count). The molecule has 5 heteroatoms. The topological polar surface area (TPSA) is 64.8 Å². The Balaban J connectivity index is 2.21. The Hall–Kier alpha value is -0.650. The molecule has 2 unspecified atom stereocenters. The number of amides is 1. The fourth-order valence-electron chi connectivity index (χ4n) is 2.23. The second-order valence-electron chi connectivity index (χ2n) is 4.90. The summed E-state index contributed by atoms with van der Waals surface area (Å²) in [4.78, 5) is 13.9. The molecule has 5 nitrogen and oxygen atoms in total. The van der Waals surface area contributed by atoms with Gasteiger partial charge >= 0.3 is 0 Å². The maximum atomic E-state index is 12.0. The molecule has 0 aromatic rings. The van der Waals surface area contributed by atoms with Crippen LogP contribution in [0.1, 0.15) is 26.2 Å². The molecule has 1 amide bonds. The number of hydrogen-bond acceptors (Lipinski definition) is 4. The zero-order chi connectivity index (χ0) is 13.4. The Bertz CT molecular complexity index is 248. The molecule has 0 aromatic heterocycles. The third kappa shape index (κ3) is 4.92. The summed E-state index contributed by atoms with van der Waals surface area (Å²) in [6.07, 6.45) is 2.73. The van der Waals surface area contributed by atoms with Gasteiger partial charge in [-0.3, -0.25) is 4.79 Å². The van der Waals surface area contributed by atoms with Crippen molar-refractivity contribution in [2.45, 2.75) is 32.2 Å². The molecule has 2 atom stereocenters. The normalized spacial score (nSPS) is 21.3. The van der Waals surface area contributed by atoms with Crippen LogP contribution in [0.25, 0.3) is 0 Å². The summed E-state index contributed by atoms with van der Waals surface area (Å²) in [5.41, 5.74) is 5.85. The van der Waals surface area contributed by atoms with Gasteiger partial charge in [0.1, 0.15) is 0 Å². The van der Waals surface area contributed by atoms with Crippen molar-refractivity contribution in [2.75, 3.05) is 40.0 Å². The molecular formula is C13H26N2O3. The smallest absolute Gasteiger partial charge is 0.239 e. The van der Waals surface area contributed by atoms with E-state index in [1.54, 1.807) is 7.11 Å². The minimum absolute atomic E-state index is 0.0937. The van der Waals surface area contributed by atoms with Gasteiger partial charge in [-0.2, -0.15) is 0 Å². The first-order valence-electron chi connectivity index (χ1n) is 6.80. The Labute approximate surface area is 110 Å². The number of methoxy groups -OCH3 is 1. The van der Waals surface area contributed by atoms with Crippen LogP contribution in [0.4, 0.5) is 0 Å². The summed E-state index contributed by atoms with van der Waals surface area (Å²) < 4.78 is 10.4. The van der Waals surface area contributed by atoms with Crippen molar-refractivity contribution in [3.63, 3.8) is 0 Å². The maximum Gasteiger partial charge on any atom is 0.239 e. The van der Waals surface area contributed by atoms with Crippen LogP contribution in [0.5, 0.6) is 0 Å². The van der Waals surface area contributed by atoms with Gasteiger partial charge in [0.05, 0.1) is 25.9 Å². The van der Waals surface area contributed by atoms with Crippen LogP contribution in [0, 0.1) is 5.92 Å². The molecular weight excluding hydrogens is 232 g/mol. The number of carbonyl (C=O) groups is 1. The van der Waals surface area contributed by atoms with Crippen molar-refractivity contribution < 1.29 is 14.3 Å². The quantitative estimate of drug-likeness (QED) is 0.648. The number of hydrogen-bond donors (Lipinski definition) is 1. The zero-order valence-electron chi connectivity index (χ0n) is 11.6. The predicted molar refractivity (Wildman–Crippen MR) is 70.3 cm³/mol. The van der Waals surface area contributed by atoms with Gasteiger partial charge < -0.3 is 20.1 Å². The predicted octanol–water partition coefficient (Wildman–Crippen LogP) is 0.625. The Morgan fingerprint density at radius 3 is 2.94 bits per heavy atom. The first kappa shape index (κ1) is 15.4. The van der Waals surface area contributed by atoms with Crippen molar-refractivity contribution in [1.29, 1.82) is 0 Å². The minimum Gasteiger partial charge on any atom is -0.382 e. The number of nitrogens with zero attached hydrogens (tertiary/aromatic N) is 1. The summed E-state index contributed by atoms with van der Waals surface area (Å²) in [5, 5.41) is 0. The third-order valence-corrected chi connectivity index (χ3v) is 3.30.